The number of fused-ring (bicyclic) bond motifs is 1. The number of imidazole rings is 1. The van der Waals surface area contributed by atoms with Crippen molar-refractivity contribution < 1.29 is 13.2 Å². The van der Waals surface area contributed by atoms with E-state index in [9.17, 15) is 13.2 Å². The molecule has 0 bridgehead atoms. The quantitative estimate of drug-likeness (QED) is 0.611. The van der Waals surface area contributed by atoms with Gasteiger partial charge in [0.05, 0.1) is 17.7 Å². The molecule has 0 radical (unpaired) electrons. The summed E-state index contributed by atoms with van der Waals surface area (Å²) in [4.78, 5) is 11.0. The van der Waals surface area contributed by atoms with E-state index >= 15 is 0 Å². The van der Waals surface area contributed by atoms with Gasteiger partial charge in [0.1, 0.15) is 5.69 Å². The Morgan fingerprint density at radius 1 is 1.23 bits per heavy atom. The van der Waals surface area contributed by atoms with Crippen LogP contribution in [-0.4, -0.2) is 42.1 Å². The second-order valence-electron chi connectivity index (χ2n) is 8.30. The molecule has 9 heteroatoms. The van der Waals surface area contributed by atoms with Crippen molar-refractivity contribution in [3.63, 3.8) is 0 Å². The molecule has 4 heterocycles. The minimum atomic E-state index is -4.48. The first-order chi connectivity index (χ1) is 14.3. The standard InChI is InChI=1S/C21H27F3N6/c1-4-29-13-25-10-16(29)12-28-7-5-6-15(11-28)18-9-20-26-17(14(2)3)8-19(21(22,23)24)30(20)27-18/h8-10,13-15H,4-7,11-12H2,1-3H3/t15-/m1/s1. The van der Waals surface area contributed by atoms with Gasteiger partial charge < -0.3 is 4.57 Å². The fourth-order valence-corrected chi connectivity index (χ4v) is 4.14. The number of hydrogen-bond acceptors (Lipinski definition) is 4. The maximum atomic E-state index is 13.7. The van der Waals surface area contributed by atoms with Gasteiger partial charge in [0.25, 0.3) is 0 Å². The van der Waals surface area contributed by atoms with Crippen LogP contribution in [0.15, 0.2) is 24.7 Å². The maximum Gasteiger partial charge on any atom is 0.433 e. The monoisotopic (exact) mass is 420 g/mol. The van der Waals surface area contributed by atoms with Gasteiger partial charge >= 0.3 is 6.18 Å². The van der Waals surface area contributed by atoms with E-state index in [0.29, 0.717) is 11.4 Å². The molecule has 3 aromatic heterocycles. The molecule has 30 heavy (non-hydrogen) atoms. The second kappa shape index (κ2) is 8.02. The van der Waals surface area contributed by atoms with Crippen LogP contribution < -0.4 is 0 Å². The lowest BCUT2D eigenvalue weighted by Crippen LogP contribution is -2.34. The van der Waals surface area contributed by atoms with Gasteiger partial charge in [0.15, 0.2) is 5.65 Å². The van der Waals surface area contributed by atoms with Crippen LogP contribution in [-0.2, 0) is 19.3 Å². The molecule has 1 atom stereocenters. The van der Waals surface area contributed by atoms with Crippen molar-refractivity contribution in [3.8, 4) is 0 Å². The molecule has 1 aliphatic rings. The Morgan fingerprint density at radius 3 is 2.73 bits per heavy atom. The number of nitrogens with zero attached hydrogens (tertiary/aromatic N) is 6. The van der Waals surface area contributed by atoms with Crippen LogP contribution in [0.4, 0.5) is 13.2 Å². The number of alkyl halides is 3. The Morgan fingerprint density at radius 2 is 2.03 bits per heavy atom. The van der Waals surface area contributed by atoms with Gasteiger partial charge in [-0.2, -0.15) is 18.3 Å². The third-order valence-electron chi connectivity index (χ3n) is 5.80. The molecule has 0 saturated carbocycles. The lowest BCUT2D eigenvalue weighted by molar-refractivity contribution is -0.142. The number of likely N-dealkylation sites (tertiary alicyclic amines) is 1. The van der Waals surface area contributed by atoms with Crippen LogP contribution in [0.2, 0.25) is 0 Å². The summed E-state index contributed by atoms with van der Waals surface area (Å²) in [6.07, 6.45) is 1.12. The van der Waals surface area contributed by atoms with Crippen LogP contribution in [0.3, 0.4) is 0 Å². The van der Waals surface area contributed by atoms with Gasteiger partial charge in [0, 0.05) is 43.5 Å². The summed E-state index contributed by atoms with van der Waals surface area (Å²) in [6, 6.07) is 2.85. The molecule has 1 aliphatic heterocycles. The molecule has 6 nitrogen and oxygen atoms in total. The third kappa shape index (κ3) is 4.08. The fourth-order valence-electron chi connectivity index (χ4n) is 4.14. The number of rotatable bonds is 5. The first-order valence-electron chi connectivity index (χ1n) is 10.5. The van der Waals surface area contributed by atoms with Crippen LogP contribution >= 0.6 is 0 Å². The van der Waals surface area contributed by atoms with Crippen LogP contribution in [0.1, 0.15) is 68.2 Å². The van der Waals surface area contributed by atoms with Crippen molar-refractivity contribution in [1.29, 1.82) is 0 Å². The van der Waals surface area contributed by atoms with Gasteiger partial charge in [-0.3, -0.25) is 4.90 Å². The number of aryl methyl sites for hydroxylation is 1. The first-order valence-corrected chi connectivity index (χ1v) is 10.5. The predicted octanol–water partition coefficient (Wildman–Crippen LogP) is 4.47. The van der Waals surface area contributed by atoms with Crippen molar-refractivity contribution in [1.82, 2.24) is 29.0 Å². The van der Waals surface area contributed by atoms with E-state index in [1.807, 2.05) is 26.4 Å². The van der Waals surface area contributed by atoms with Crippen molar-refractivity contribution >= 4 is 5.65 Å². The SMILES string of the molecule is CCn1cncc1CN1CCC[C@@H](c2cc3nc(C(C)C)cc(C(F)(F)F)n3n2)C1. The molecule has 4 rings (SSSR count). The lowest BCUT2D eigenvalue weighted by Gasteiger charge is -2.31. The van der Waals surface area contributed by atoms with Crippen molar-refractivity contribution in [2.45, 2.75) is 64.7 Å². The largest absolute Gasteiger partial charge is 0.433 e. The Labute approximate surface area is 173 Å². The van der Waals surface area contributed by atoms with Crippen molar-refractivity contribution in [2.24, 2.45) is 0 Å². The molecule has 0 N–H and O–H groups in total. The molecule has 0 spiro atoms. The van der Waals surface area contributed by atoms with Gasteiger partial charge in [-0.25, -0.2) is 14.5 Å². The van der Waals surface area contributed by atoms with E-state index in [1.165, 1.54) is 0 Å². The van der Waals surface area contributed by atoms with Gasteiger partial charge in [0.2, 0.25) is 0 Å². The number of halogens is 3. The minimum Gasteiger partial charge on any atom is -0.334 e. The molecule has 0 aliphatic carbocycles. The zero-order valence-corrected chi connectivity index (χ0v) is 17.5. The Bertz CT molecular complexity index is 1020. The highest BCUT2D eigenvalue weighted by Gasteiger charge is 2.36. The molecular weight excluding hydrogens is 393 g/mol. The van der Waals surface area contributed by atoms with Gasteiger partial charge in [-0.15, -0.1) is 0 Å². The number of aromatic nitrogens is 5. The normalized spacial score (nSPS) is 18.6. The van der Waals surface area contributed by atoms with Gasteiger partial charge in [-0.05, 0) is 38.3 Å². The smallest absolute Gasteiger partial charge is 0.334 e. The van der Waals surface area contributed by atoms with Gasteiger partial charge in [-0.1, -0.05) is 13.8 Å². The summed E-state index contributed by atoms with van der Waals surface area (Å²) in [5.41, 5.74) is 1.77. The summed E-state index contributed by atoms with van der Waals surface area (Å²) in [5.74, 6) is -0.00919. The highest BCUT2D eigenvalue weighted by molar-refractivity contribution is 5.44. The molecular formula is C21H27F3N6. The molecule has 0 aromatic carbocycles. The van der Waals surface area contributed by atoms with Crippen LogP contribution in [0.25, 0.3) is 5.65 Å². The van der Waals surface area contributed by atoms with E-state index in [0.717, 1.165) is 55.3 Å². The van der Waals surface area contributed by atoms with Crippen molar-refractivity contribution in [2.75, 3.05) is 13.1 Å². The summed E-state index contributed by atoms with van der Waals surface area (Å²) < 4.78 is 44.0. The molecule has 0 amide bonds. The van der Waals surface area contributed by atoms with E-state index in [-0.39, 0.29) is 17.5 Å². The summed E-state index contributed by atoms with van der Waals surface area (Å²) in [6.45, 7) is 9.13. The molecule has 162 valence electrons. The van der Waals surface area contributed by atoms with Crippen molar-refractivity contribution in [3.05, 3.63) is 47.4 Å². The second-order valence-corrected chi connectivity index (χ2v) is 8.30. The Balaban J connectivity index is 1.62. The van der Waals surface area contributed by atoms with E-state index < -0.39 is 11.9 Å². The van der Waals surface area contributed by atoms with E-state index in [4.69, 9.17) is 0 Å². The summed E-state index contributed by atoms with van der Waals surface area (Å²) >= 11 is 0. The number of piperidine rings is 1. The fraction of sp³-hybridized carbons (Fsp3) is 0.571. The Hall–Kier alpha value is -2.42. The summed E-state index contributed by atoms with van der Waals surface area (Å²) in [5, 5.41) is 4.36. The number of hydrogen-bond donors (Lipinski definition) is 0. The van der Waals surface area contributed by atoms with E-state index in [1.54, 1.807) is 6.07 Å². The third-order valence-corrected chi connectivity index (χ3v) is 5.80. The lowest BCUT2D eigenvalue weighted by atomic mass is 9.95. The highest BCUT2D eigenvalue weighted by Crippen LogP contribution is 2.33. The topological polar surface area (TPSA) is 51.2 Å². The van der Waals surface area contributed by atoms with Crippen LogP contribution in [0.5, 0.6) is 0 Å². The molecule has 1 saturated heterocycles. The van der Waals surface area contributed by atoms with E-state index in [2.05, 4.69) is 31.5 Å². The molecule has 0 unspecified atom stereocenters. The summed E-state index contributed by atoms with van der Waals surface area (Å²) in [7, 11) is 0. The predicted molar refractivity (Wildman–Crippen MR) is 107 cm³/mol. The average molecular weight is 420 g/mol. The first kappa shape index (κ1) is 20.8. The molecule has 1 fully saturated rings. The average Bonchev–Trinajstić information content (AvgIpc) is 3.32. The minimum absolute atomic E-state index is 0.0852. The zero-order valence-electron chi connectivity index (χ0n) is 17.5. The molecule has 3 aromatic rings. The maximum absolute atomic E-state index is 13.7. The zero-order chi connectivity index (χ0) is 21.5. The van der Waals surface area contributed by atoms with Crippen LogP contribution in [0, 0.1) is 0 Å². The highest BCUT2D eigenvalue weighted by atomic mass is 19.4. The Kier molecular flexibility index (Phi) is 5.57.